The lowest BCUT2D eigenvalue weighted by Crippen LogP contribution is -2.18. The van der Waals surface area contributed by atoms with Gasteiger partial charge in [-0.15, -0.1) is 0 Å². The number of furan rings is 1. The van der Waals surface area contributed by atoms with E-state index in [1.165, 1.54) is 12.1 Å². The summed E-state index contributed by atoms with van der Waals surface area (Å²) >= 11 is 0. The molecular weight excluding hydrogens is 274 g/mol. The molecule has 1 aromatic carbocycles. The van der Waals surface area contributed by atoms with E-state index in [0.717, 1.165) is 0 Å². The fraction of sp³-hybridized carbons (Fsp3) is 0.143. The van der Waals surface area contributed by atoms with E-state index in [9.17, 15) is 14.9 Å². The molecule has 0 aliphatic heterocycles. The molecule has 1 heterocycles. The van der Waals surface area contributed by atoms with Gasteiger partial charge in [0.1, 0.15) is 5.76 Å². The largest absolute Gasteiger partial charge is 0.456 e. The minimum absolute atomic E-state index is 0.0324. The number of hydrogen-bond acceptors (Lipinski definition) is 5. The molecule has 1 N–H and O–H groups in total. The molecule has 2 rings (SSSR count). The average Bonchev–Trinajstić information content (AvgIpc) is 2.91. The lowest BCUT2D eigenvalue weighted by Gasteiger charge is -2.01. The van der Waals surface area contributed by atoms with Crippen LogP contribution in [-0.4, -0.2) is 16.5 Å². The third-order valence-electron chi connectivity index (χ3n) is 2.76. The van der Waals surface area contributed by atoms with Crippen molar-refractivity contribution in [3.63, 3.8) is 0 Å². The van der Waals surface area contributed by atoms with Crippen LogP contribution in [0.5, 0.6) is 0 Å². The number of hydrazone groups is 1. The third kappa shape index (κ3) is 3.53. The molecule has 0 saturated carbocycles. The van der Waals surface area contributed by atoms with Gasteiger partial charge in [0.05, 0.1) is 10.6 Å². The van der Waals surface area contributed by atoms with E-state index in [0.29, 0.717) is 17.0 Å². The number of nitro groups is 1. The molecular formula is C14H13N3O4. The highest BCUT2D eigenvalue weighted by Gasteiger charge is 2.10. The summed E-state index contributed by atoms with van der Waals surface area (Å²) in [5, 5.41) is 14.6. The molecule has 0 radical (unpaired) electrons. The van der Waals surface area contributed by atoms with Gasteiger partial charge in [-0.05, 0) is 26.0 Å². The van der Waals surface area contributed by atoms with Crippen LogP contribution in [0.4, 0.5) is 5.69 Å². The topological polar surface area (TPSA) is 97.7 Å². The predicted octanol–water partition coefficient (Wildman–Crippen LogP) is 2.65. The summed E-state index contributed by atoms with van der Waals surface area (Å²) in [4.78, 5) is 22.0. The van der Waals surface area contributed by atoms with E-state index in [1.807, 2.05) is 0 Å². The van der Waals surface area contributed by atoms with Crippen LogP contribution in [0, 0.1) is 17.0 Å². The standard InChI is InChI=1S/C14H13N3O4/c1-9-6-7-13(21-9)14(18)16-15-10(2)11-4-3-5-12(8-11)17(19)20/h3-8H,1-2H3,(H,16,18). The number of carbonyl (C=O) groups excluding carboxylic acids is 1. The first-order chi connectivity index (χ1) is 9.97. The minimum atomic E-state index is -0.485. The van der Waals surface area contributed by atoms with Crippen molar-refractivity contribution in [2.75, 3.05) is 0 Å². The van der Waals surface area contributed by atoms with Gasteiger partial charge in [0.2, 0.25) is 0 Å². The van der Waals surface area contributed by atoms with Gasteiger partial charge < -0.3 is 4.42 Å². The van der Waals surface area contributed by atoms with Crippen molar-refractivity contribution >= 4 is 17.3 Å². The second kappa shape index (κ2) is 6.00. The highest BCUT2D eigenvalue weighted by Crippen LogP contribution is 2.13. The Kier molecular flexibility index (Phi) is 4.13. The zero-order valence-corrected chi connectivity index (χ0v) is 11.5. The van der Waals surface area contributed by atoms with Crippen LogP contribution in [0.2, 0.25) is 0 Å². The maximum atomic E-state index is 11.7. The Labute approximate surface area is 120 Å². The summed E-state index contributed by atoms with van der Waals surface area (Å²) in [5.41, 5.74) is 3.32. The smallest absolute Gasteiger partial charge is 0.307 e. The van der Waals surface area contributed by atoms with Gasteiger partial charge >= 0.3 is 5.91 Å². The molecule has 0 aliphatic rings. The fourth-order valence-electron chi connectivity index (χ4n) is 1.66. The first kappa shape index (κ1) is 14.4. The molecule has 21 heavy (non-hydrogen) atoms. The van der Waals surface area contributed by atoms with E-state index in [1.54, 1.807) is 38.1 Å². The van der Waals surface area contributed by atoms with E-state index >= 15 is 0 Å². The third-order valence-corrected chi connectivity index (χ3v) is 2.76. The zero-order chi connectivity index (χ0) is 15.4. The maximum absolute atomic E-state index is 11.7. The van der Waals surface area contributed by atoms with E-state index in [4.69, 9.17) is 4.42 Å². The van der Waals surface area contributed by atoms with Gasteiger partial charge in [-0.25, -0.2) is 5.43 Å². The summed E-state index contributed by atoms with van der Waals surface area (Å²) < 4.78 is 5.16. The highest BCUT2D eigenvalue weighted by atomic mass is 16.6. The van der Waals surface area contributed by atoms with Crippen molar-refractivity contribution < 1.29 is 14.1 Å². The van der Waals surface area contributed by atoms with Crippen molar-refractivity contribution in [1.82, 2.24) is 5.43 Å². The van der Waals surface area contributed by atoms with Gasteiger partial charge in [0, 0.05) is 17.7 Å². The first-order valence-electron chi connectivity index (χ1n) is 6.13. The molecule has 0 fully saturated rings. The Bertz CT molecular complexity index is 719. The van der Waals surface area contributed by atoms with E-state index < -0.39 is 10.8 Å². The van der Waals surface area contributed by atoms with Gasteiger partial charge in [-0.3, -0.25) is 14.9 Å². The number of rotatable bonds is 4. The number of benzene rings is 1. The van der Waals surface area contributed by atoms with Gasteiger partial charge in [-0.1, -0.05) is 12.1 Å². The quantitative estimate of drug-likeness (QED) is 0.531. The van der Waals surface area contributed by atoms with Crippen LogP contribution in [0.1, 0.15) is 28.8 Å². The molecule has 7 heteroatoms. The SMILES string of the molecule is CC(=NNC(=O)c1ccc(C)o1)c1cccc([N+](=O)[O-])c1. The molecule has 7 nitrogen and oxygen atoms in total. The Morgan fingerprint density at radius 2 is 2.10 bits per heavy atom. The average molecular weight is 287 g/mol. The number of carbonyl (C=O) groups is 1. The lowest BCUT2D eigenvalue weighted by atomic mass is 10.1. The van der Waals surface area contributed by atoms with Crippen molar-refractivity contribution in [3.05, 3.63) is 63.6 Å². The molecule has 1 amide bonds. The van der Waals surface area contributed by atoms with E-state index in [2.05, 4.69) is 10.5 Å². The Balaban J connectivity index is 2.12. The lowest BCUT2D eigenvalue weighted by molar-refractivity contribution is -0.384. The van der Waals surface area contributed by atoms with Gasteiger partial charge in [0.25, 0.3) is 5.69 Å². The molecule has 0 saturated heterocycles. The second-order valence-electron chi connectivity index (χ2n) is 4.36. The van der Waals surface area contributed by atoms with Crippen molar-refractivity contribution in [2.24, 2.45) is 5.10 Å². The molecule has 0 spiro atoms. The Morgan fingerprint density at radius 1 is 1.33 bits per heavy atom. The minimum Gasteiger partial charge on any atom is -0.456 e. The van der Waals surface area contributed by atoms with Crippen molar-refractivity contribution in [1.29, 1.82) is 0 Å². The van der Waals surface area contributed by atoms with Crippen LogP contribution in [0.25, 0.3) is 0 Å². The highest BCUT2D eigenvalue weighted by molar-refractivity contribution is 6.00. The molecule has 108 valence electrons. The van der Waals surface area contributed by atoms with Gasteiger partial charge in [0.15, 0.2) is 5.76 Å². The number of aryl methyl sites for hydroxylation is 1. The Hall–Kier alpha value is -2.96. The zero-order valence-electron chi connectivity index (χ0n) is 11.5. The number of nitrogens with zero attached hydrogens (tertiary/aromatic N) is 2. The van der Waals surface area contributed by atoms with Crippen LogP contribution in [-0.2, 0) is 0 Å². The maximum Gasteiger partial charge on any atom is 0.307 e. The first-order valence-corrected chi connectivity index (χ1v) is 6.13. The monoisotopic (exact) mass is 287 g/mol. The number of amides is 1. The van der Waals surface area contributed by atoms with Crippen LogP contribution < -0.4 is 5.43 Å². The molecule has 1 aromatic heterocycles. The molecule has 0 bridgehead atoms. The number of hydrogen-bond donors (Lipinski definition) is 1. The van der Waals surface area contributed by atoms with Crippen molar-refractivity contribution in [3.8, 4) is 0 Å². The number of nitro benzene ring substituents is 1. The Morgan fingerprint density at radius 3 is 2.71 bits per heavy atom. The predicted molar refractivity (Wildman–Crippen MR) is 76.2 cm³/mol. The summed E-state index contributed by atoms with van der Waals surface area (Å²) in [7, 11) is 0. The number of nitrogens with one attached hydrogen (secondary N) is 1. The fourth-order valence-corrected chi connectivity index (χ4v) is 1.66. The normalized spacial score (nSPS) is 11.2. The van der Waals surface area contributed by atoms with Gasteiger partial charge in [-0.2, -0.15) is 5.10 Å². The van der Waals surface area contributed by atoms with Crippen molar-refractivity contribution in [2.45, 2.75) is 13.8 Å². The molecule has 0 aliphatic carbocycles. The summed E-state index contributed by atoms with van der Waals surface area (Å²) in [6.45, 7) is 3.38. The molecule has 2 aromatic rings. The van der Waals surface area contributed by atoms with Crippen LogP contribution in [0.15, 0.2) is 45.9 Å². The summed E-state index contributed by atoms with van der Waals surface area (Å²) in [6, 6.07) is 9.23. The molecule has 0 unspecified atom stereocenters. The summed E-state index contributed by atoms with van der Waals surface area (Å²) in [6.07, 6.45) is 0. The number of non-ortho nitro benzene ring substituents is 1. The molecule has 0 atom stereocenters. The second-order valence-corrected chi connectivity index (χ2v) is 4.36. The van der Waals surface area contributed by atoms with Crippen LogP contribution in [0.3, 0.4) is 0 Å². The van der Waals surface area contributed by atoms with E-state index in [-0.39, 0.29) is 11.4 Å². The summed E-state index contributed by atoms with van der Waals surface area (Å²) in [5.74, 6) is 0.301. The van der Waals surface area contributed by atoms with Crippen LogP contribution >= 0.6 is 0 Å².